The van der Waals surface area contributed by atoms with Gasteiger partial charge in [0, 0.05) is 11.5 Å². The Hall–Kier alpha value is -1.21. The van der Waals surface area contributed by atoms with Crippen LogP contribution in [0.1, 0.15) is 58.5 Å². The molecule has 1 rings (SSSR count). The molecule has 0 spiro atoms. The van der Waals surface area contributed by atoms with E-state index in [4.69, 9.17) is 0 Å². The van der Waals surface area contributed by atoms with Crippen LogP contribution < -0.4 is 5.32 Å². The molecule has 0 aromatic carbocycles. The van der Waals surface area contributed by atoms with Crippen molar-refractivity contribution in [1.82, 2.24) is 20.4 Å². The van der Waals surface area contributed by atoms with Crippen LogP contribution in [0.25, 0.3) is 0 Å². The number of aromatic nitrogens is 2. The molecule has 0 fully saturated rings. The van der Waals surface area contributed by atoms with Gasteiger partial charge in [-0.1, -0.05) is 32.1 Å². The zero-order valence-corrected chi connectivity index (χ0v) is 15.4. The summed E-state index contributed by atoms with van der Waals surface area (Å²) in [6.45, 7) is 14.1. The number of urea groups is 1. The van der Waals surface area contributed by atoms with E-state index in [1.807, 2.05) is 13.8 Å². The van der Waals surface area contributed by atoms with Crippen LogP contribution in [0.15, 0.2) is 0 Å². The first-order valence-corrected chi connectivity index (χ1v) is 8.31. The summed E-state index contributed by atoms with van der Waals surface area (Å²) in [6.07, 6.45) is 0. The Morgan fingerprint density at radius 3 is 2.27 bits per heavy atom. The Kier molecular flexibility index (Phi) is 5.92. The second-order valence-electron chi connectivity index (χ2n) is 7.44. The van der Waals surface area contributed by atoms with Gasteiger partial charge < -0.3 is 15.3 Å². The average Bonchev–Trinajstić information content (AvgIpc) is 2.80. The predicted octanol–water partition coefficient (Wildman–Crippen LogP) is 2.53. The van der Waals surface area contributed by atoms with Crippen molar-refractivity contribution >= 4 is 17.4 Å². The van der Waals surface area contributed by atoms with Gasteiger partial charge in [0.05, 0.1) is 18.7 Å². The number of carbonyl (C=O) groups is 1. The first-order valence-electron chi connectivity index (χ1n) is 7.50. The molecule has 2 N–H and O–H groups in total. The van der Waals surface area contributed by atoms with Crippen molar-refractivity contribution in [3.05, 3.63) is 10.0 Å². The topological polar surface area (TPSA) is 78.4 Å². The number of nitrogens with zero attached hydrogens (tertiary/aromatic N) is 3. The third-order valence-electron chi connectivity index (χ3n) is 2.94. The predicted molar refractivity (Wildman–Crippen MR) is 89.0 cm³/mol. The van der Waals surface area contributed by atoms with E-state index in [0.717, 1.165) is 10.0 Å². The summed E-state index contributed by atoms with van der Waals surface area (Å²) in [5, 5.41) is 22.8. The van der Waals surface area contributed by atoms with Crippen molar-refractivity contribution in [1.29, 1.82) is 0 Å². The van der Waals surface area contributed by atoms with E-state index in [9.17, 15) is 9.90 Å². The first-order chi connectivity index (χ1) is 9.90. The highest BCUT2D eigenvalue weighted by atomic mass is 32.1. The van der Waals surface area contributed by atoms with Crippen LogP contribution in [-0.4, -0.2) is 44.4 Å². The molecule has 1 aromatic rings. The van der Waals surface area contributed by atoms with Crippen LogP contribution in [0.4, 0.5) is 4.79 Å². The van der Waals surface area contributed by atoms with Gasteiger partial charge in [0.1, 0.15) is 10.0 Å². The lowest BCUT2D eigenvalue weighted by Gasteiger charge is -2.32. The molecule has 0 bridgehead atoms. The maximum absolute atomic E-state index is 12.3. The summed E-state index contributed by atoms with van der Waals surface area (Å²) in [6, 6.07) is -0.199. The van der Waals surface area contributed by atoms with Gasteiger partial charge in [0.15, 0.2) is 0 Å². The van der Waals surface area contributed by atoms with E-state index in [1.54, 1.807) is 18.7 Å². The molecule has 0 aliphatic heterocycles. The summed E-state index contributed by atoms with van der Waals surface area (Å²) >= 11 is 1.51. The largest absolute Gasteiger partial charge is 0.389 e. The van der Waals surface area contributed by atoms with E-state index in [1.165, 1.54) is 11.3 Å². The summed E-state index contributed by atoms with van der Waals surface area (Å²) in [5.41, 5.74) is -0.964. The smallest absolute Gasteiger partial charge is 0.318 e. The Labute approximate surface area is 136 Å². The molecule has 0 aliphatic carbocycles. The monoisotopic (exact) mass is 328 g/mol. The molecule has 0 saturated carbocycles. The van der Waals surface area contributed by atoms with Crippen LogP contribution in [0, 0.1) is 0 Å². The molecule has 0 atom stereocenters. The van der Waals surface area contributed by atoms with Gasteiger partial charge in [0.2, 0.25) is 0 Å². The summed E-state index contributed by atoms with van der Waals surface area (Å²) < 4.78 is 0. The lowest BCUT2D eigenvalue weighted by molar-refractivity contribution is 0.0387. The second-order valence-corrected chi connectivity index (χ2v) is 8.51. The Morgan fingerprint density at radius 1 is 1.27 bits per heavy atom. The molecule has 0 unspecified atom stereocenters. The SMILES string of the molecule is CC(C)N(CC(C)(C)O)C(=O)NCc1nnc(C(C)(C)C)s1. The van der Waals surface area contributed by atoms with Crippen molar-refractivity contribution in [2.75, 3.05) is 6.54 Å². The van der Waals surface area contributed by atoms with Crippen molar-refractivity contribution in [2.24, 2.45) is 0 Å². The number of hydrogen-bond donors (Lipinski definition) is 2. The van der Waals surface area contributed by atoms with Crippen LogP contribution in [0.3, 0.4) is 0 Å². The molecule has 0 saturated heterocycles. The summed E-state index contributed by atoms with van der Waals surface area (Å²) in [7, 11) is 0. The van der Waals surface area contributed by atoms with Crippen molar-refractivity contribution in [2.45, 2.75) is 72.1 Å². The van der Waals surface area contributed by atoms with Gasteiger partial charge >= 0.3 is 6.03 Å². The fourth-order valence-electron chi connectivity index (χ4n) is 1.79. The molecule has 0 radical (unpaired) electrons. The third kappa shape index (κ3) is 5.88. The van der Waals surface area contributed by atoms with Crippen LogP contribution in [-0.2, 0) is 12.0 Å². The Bertz CT molecular complexity index is 500. The molecular weight excluding hydrogens is 300 g/mol. The van der Waals surface area contributed by atoms with E-state index in [2.05, 4.69) is 36.3 Å². The molecule has 126 valence electrons. The normalized spacial score (nSPS) is 12.6. The zero-order chi connectivity index (χ0) is 17.1. The van der Waals surface area contributed by atoms with E-state index < -0.39 is 5.60 Å². The standard InChI is InChI=1S/C15H28N4O2S/c1-10(2)19(9-15(6,7)21)13(20)16-8-11-17-18-12(22-11)14(3,4)5/h10,21H,8-9H2,1-7H3,(H,16,20). The van der Waals surface area contributed by atoms with Gasteiger partial charge in [0.25, 0.3) is 0 Å². The molecule has 22 heavy (non-hydrogen) atoms. The molecule has 6 nitrogen and oxygen atoms in total. The van der Waals surface area contributed by atoms with Gasteiger partial charge in [-0.05, 0) is 27.7 Å². The lowest BCUT2D eigenvalue weighted by atomic mass is 9.98. The van der Waals surface area contributed by atoms with E-state index in [0.29, 0.717) is 6.54 Å². The fourth-order valence-corrected chi connectivity index (χ4v) is 2.62. The van der Waals surface area contributed by atoms with Gasteiger partial charge in [-0.3, -0.25) is 0 Å². The second kappa shape index (κ2) is 6.91. The minimum absolute atomic E-state index is 0.00554. The van der Waals surface area contributed by atoms with Crippen LogP contribution in [0.5, 0.6) is 0 Å². The van der Waals surface area contributed by atoms with Gasteiger partial charge in [-0.2, -0.15) is 0 Å². The quantitative estimate of drug-likeness (QED) is 0.870. The average molecular weight is 328 g/mol. The third-order valence-corrected chi connectivity index (χ3v) is 4.29. The minimum Gasteiger partial charge on any atom is -0.389 e. The molecule has 2 amide bonds. The summed E-state index contributed by atoms with van der Waals surface area (Å²) in [5.74, 6) is 0. The highest BCUT2D eigenvalue weighted by molar-refractivity contribution is 7.11. The van der Waals surface area contributed by atoms with E-state index in [-0.39, 0.29) is 24.0 Å². The molecule has 7 heteroatoms. The molecule has 0 aliphatic rings. The Balaban J connectivity index is 2.65. The van der Waals surface area contributed by atoms with Crippen molar-refractivity contribution in [3.63, 3.8) is 0 Å². The van der Waals surface area contributed by atoms with Crippen molar-refractivity contribution in [3.8, 4) is 0 Å². The molecule has 1 aromatic heterocycles. The maximum Gasteiger partial charge on any atom is 0.318 e. The molecular formula is C15H28N4O2S. The van der Waals surface area contributed by atoms with Crippen LogP contribution in [0.2, 0.25) is 0 Å². The number of aliphatic hydroxyl groups is 1. The highest BCUT2D eigenvalue weighted by Gasteiger charge is 2.25. The highest BCUT2D eigenvalue weighted by Crippen LogP contribution is 2.25. The number of nitrogens with one attached hydrogen (secondary N) is 1. The summed E-state index contributed by atoms with van der Waals surface area (Å²) in [4.78, 5) is 13.9. The zero-order valence-electron chi connectivity index (χ0n) is 14.6. The first kappa shape index (κ1) is 18.8. The maximum atomic E-state index is 12.3. The Morgan fingerprint density at radius 2 is 1.86 bits per heavy atom. The fraction of sp³-hybridized carbons (Fsp3) is 0.800. The number of rotatable bonds is 5. The minimum atomic E-state index is -0.927. The lowest BCUT2D eigenvalue weighted by Crippen LogP contribution is -2.49. The van der Waals surface area contributed by atoms with Crippen LogP contribution >= 0.6 is 11.3 Å². The number of carbonyl (C=O) groups excluding carboxylic acids is 1. The number of hydrogen-bond acceptors (Lipinski definition) is 5. The van der Waals surface area contributed by atoms with Crippen molar-refractivity contribution < 1.29 is 9.90 Å². The number of amides is 2. The van der Waals surface area contributed by atoms with Gasteiger partial charge in [-0.15, -0.1) is 10.2 Å². The van der Waals surface area contributed by atoms with Gasteiger partial charge in [-0.25, -0.2) is 4.79 Å². The molecule has 1 heterocycles. The van der Waals surface area contributed by atoms with E-state index >= 15 is 0 Å².